The van der Waals surface area contributed by atoms with E-state index in [0.29, 0.717) is 16.4 Å². The SMILES string of the molecule is Nc1cc(Cl)c(NCCC2CCCC2)c(C(=O)O)c1. The molecule has 0 amide bonds. The molecule has 104 valence electrons. The first-order valence-corrected chi connectivity index (χ1v) is 7.02. The van der Waals surface area contributed by atoms with E-state index in [4.69, 9.17) is 17.3 Å². The molecule has 5 heteroatoms. The van der Waals surface area contributed by atoms with Crippen LogP contribution in [0.1, 0.15) is 42.5 Å². The Balaban J connectivity index is 2.03. The Kier molecular flexibility index (Phi) is 4.53. The zero-order chi connectivity index (χ0) is 13.8. The summed E-state index contributed by atoms with van der Waals surface area (Å²) in [6, 6.07) is 3.01. The zero-order valence-corrected chi connectivity index (χ0v) is 11.5. The highest BCUT2D eigenvalue weighted by Crippen LogP contribution is 2.31. The van der Waals surface area contributed by atoms with Gasteiger partial charge in [0, 0.05) is 12.2 Å². The van der Waals surface area contributed by atoms with E-state index in [1.807, 2.05) is 0 Å². The summed E-state index contributed by atoms with van der Waals surface area (Å²) in [7, 11) is 0. The summed E-state index contributed by atoms with van der Waals surface area (Å²) in [5.74, 6) is -0.258. The molecule has 0 heterocycles. The van der Waals surface area contributed by atoms with Crippen LogP contribution in [-0.2, 0) is 0 Å². The summed E-state index contributed by atoms with van der Waals surface area (Å²) < 4.78 is 0. The number of carboxylic acid groups (broad SMARTS) is 1. The van der Waals surface area contributed by atoms with Crippen molar-refractivity contribution in [2.75, 3.05) is 17.6 Å². The van der Waals surface area contributed by atoms with Crippen molar-refractivity contribution >= 4 is 28.9 Å². The molecule has 1 fully saturated rings. The van der Waals surface area contributed by atoms with Crippen LogP contribution in [0.5, 0.6) is 0 Å². The molecule has 0 saturated heterocycles. The van der Waals surface area contributed by atoms with Crippen LogP contribution in [0.4, 0.5) is 11.4 Å². The van der Waals surface area contributed by atoms with E-state index in [9.17, 15) is 9.90 Å². The maximum atomic E-state index is 11.2. The molecule has 0 aliphatic heterocycles. The van der Waals surface area contributed by atoms with Crippen molar-refractivity contribution in [2.45, 2.75) is 32.1 Å². The van der Waals surface area contributed by atoms with Crippen LogP contribution in [-0.4, -0.2) is 17.6 Å². The summed E-state index contributed by atoms with van der Waals surface area (Å²) in [6.07, 6.45) is 6.24. The summed E-state index contributed by atoms with van der Waals surface area (Å²) in [4.78, 5) is 11.2. The zero-order valence-electron chi connectivity index (χ0n) is 10.8. The number of nitrogens with two attached hydrogens (primary N) is 1. The topological polar surface area (TPSA) is 75.3 Å². The van der Waals surface area contributed by atoms with Gasteiger partial charge in [0.1, 0.15) is 0 Å². The second-order valence-corrected chi connectivity index (χ2v) is 5.50. The molecule has 1 saturated carbocycles. The van der Waals surface area contributed by atoms with Crippen LogP contribution in [0, 0.1) is 5.92 Å². The number of hydrogen-bond acceptors (Lipinski definition) is 3. The van der Waals surface area contributed by atoms with Gasteiger partial charge in [0.05, 0.1) is 16.3 Å². The van der Waals surface area contributed by atoms with Gasteiger partial charge in [-0.05, 0) is 24.5 Å². The maximum absolute atomic E-state index is 11.2. The number of halogens is 1. The summed E-state index contributed by atoms with van der Waals surface area (Å²) >= 11 is 6.07. The number of nitrogens with one attached hydrogen (secondary N) is 1. The molecule has 0 unspecified atom stereocenters. The fourth-order valence-corrected chi connectivity index (χ4v) is 2.97. The fourth-order valence-electron chi connectivity index (χ4n) is 2.68. The number of rotatable bonds is 5. The molecule has 1 aliphatic carbocycles. The van der Waals surface area contributed by atoms with Crippen molar-refractivity contribution in [1.29, 1.82) is 0 Å². The van der Waals surface area contributed by atoms with E-state index in [1.54, 1.807) is 6.07 Å². The number of anilines is 2. The van der Waals surface area contributed by atoms with Crippen molar-refractivity contribution in [2.24, 2.45) is 5.92 Å². The molecule has 4 N–H and O–H groups in total. The molecule has 4 nitrogen and oxygen atoms in total. The van der Waals surface area contributed by atoms with Crippen LogP contribution in [0.15, 0.2) is 12.1 Å². The van der Waals surface area contributed by atoms with E-state index >= 15 is 0 Å². The standard InChI is InChI=1S/C14H19ClN2O2/c15-12-8-10(16)7-11(14(18)19)13(12)17-6-5-9-3-1-2-4-9/h7-9,17H,1-6,16H2,(H,18,19). The van der Waals surface area contributed by atoms with Gasteiger partial charge in [-0.3, -0.25) is 0 Å². The van der Waals surface area contributed by atoms with Gasteiger partial charge in [0.2, 0.25) is 0 Å². The first-order chi connectivity index (χ1) is 9.08. The Morgan fingerprint density at radius 3 is 2.74 bits per heavy atom. The lowest BCUT2D eigenvalue weighted by Gasteiger charge is -2.14. The number of nitrogen functional groups attached to an aromatic ring is 1. The third-order valence-electron chi connectivity index (χ3n) is 3.67. The quantitative estimate of drug-likeness (QED) is 0.721. The van der Waals surface area contributed by atoms with Gasteiger partial charge < -0.3 is 16.2 Å². The molecule has 0 bridgehead atoms. The average Bonchev–Trinajstić information content (AvgIpc) is 2.84. The Bertz CT molecular complexity index is 471. The molecular formula is C14H19ClN2O2. The highest BCUT2D eigenvalue weighted by Gasteiger charge is 2.17. The van der Waals surface area contributed by atoms with Gasteiger partial charge >= 0.3 is 5.97 Å². The van der Waals surface area contributed by atoms with Crippen LogP contribution in [0.25, 0.3) is 0 Å². The summed E-state index contributed by atoms with van der Waals surface area (Å²) in [6.45, 7) is 0.745. The second kappa shape index (κ2) is 6.15. The number of carboxylic acids is 1. The minimum atomic E-state index is -1.02. The van der Waals surface area contributed by atoms with Gasteiger partial charge in [-0.25, -0.2) is 4.79 Å². The van der Waals surface area contributed by atoms with Gasteiger partial charge in [-0.15, -0.1) is 0 Å². The van der Waals surface area contributed by atoms with Gasteiger partial charge in [-0.2, -0.15) is 0 Å². The van der Waals surface area contributed by atoms with Crippen molar-refractivity contribution in [3.8, 4) is 0 Å². The van der Waals surface area contributed by atoms with Crippen molar-refractivity contribution in [3.63, 3.8) is 0 Å². The first-order valence-electron chi connectivity index (χ1n) is 6.64. The monoisotopic (exact) mass is 282 g/mol. The van der Waals surface area contributed by atoms with Crippen LogP contribution in [0.3, 0.4) is 0 Å². The van der Waals surface area contributed by atoms with Gasteiger partial charge in [0.15, 0.2) is 0 Å². The Morgan fingerprint density at radius 2 is 2.11 bits per heavy atom. The number of benzene rings is 1. The predicted molar refractivity (Wildman–Crippen MR) is 77.9 cm³/mol. The third-order valence-corrected chi connectivity index (χ3v) is 3.97. The minimum Gasteiger partial charge on any atom is -0.478 e. The molecule has 0 spiro atoms. The number of aromatic carboxylic acids is 1. The molecule has 19 heavy (non-hydrogen) atoms. The summed E-state index contributed by atoms with van der Waals surface area (Å²) in [5, 5.41) is 12.7. The van der Waals surface area contributed by atoms with Crippen LogP contribution >= 0.6 is 11.6 Å². The Hall–Kier alpha value is -1.42. The van der Waals surface area contributed by atoms with E-state index in [-0.39, 0.29) is 5.56 Å². The molecule has 1 aromatic rings. The van der Waals surface area contributed by atoms with Crippen LogP contribution in [0.2, 0.25) is 5.02 Å². The molecule has 0 aromatic heterocycles. The van der Waals surface area contributed by atoms with Crippen molar-refractivity contribution < 1.29 is 9.90 Å². The average molecular weight is 283 g/mol. The van der Waals surface area contributed by atoms with E-state index in [2.05, 4.69) is 5.32 Å². The number of hydrogen-bond donors (Lipinski definition) is 3. The third kappa shape index (κ3) is 3.53. The van der Waals surface area contributed by atoms with Gasteiger partial charge in [-0.1, -0.05) is 37.3 Å². The molecule has 1 aromatic carbocycles. The minimum absolute atomic E-state index is 0.136. The van der Waals surface area contributed by atoms with Crippen LogP contribution < -0.4 is 11.1 Å². The predicted octanol–water partition coefficient (Wildman–Crippen LogP) is 3.61. The van der Waals surface area contributed by atoms with Crippen molar-refractivity contribution in [3.05, 3.63) is 22.7 Å². The smallest absolute Gasteiger partial charge is 0.337 e. The first kappa shape index (κ1) is 14.0. The lowest BCUT2D eigenvalue weighted by molar-refractivity contribution is 0.0698. The Morgan fingerprint density at radius 1 is 1.42 bits per heavy atom. The highest BCUT2D eigenvalue weighted by atomic mass is 35.5. The molecule has 2 rings (SSSR count). The fraction of sp³-hybridized carbons (Fsp3) is 0.500. The highest BCUT2D eigenvalue weighted by molar-refractivity contribution is 6.34. The summed E-state index contributed by atoms with van der Waals surface area (Å²) in [5.41, 5.74) is 6.59. The van der Waals surface area contributed by atoms with E-state index in [0.717, 1.165) is 18.9 Å². The second-order valence-electron chi connectivity index (χ2n) is 5.10. The van der Waals surface area contributed by atoms with Gasteiger partial charge in [0.25, 0.3) is 0 Å². The largest absolute Gasteiger partial charge is 0.478 e. The number of carbonyl (C=O) groups is 1. The van der Waals surface area contributed by atoms with E-state index < -0.39 is 5.97 Å². The lowest BCUT2D eigenvalue weighted by Crippen LogP contribution is -2.11. The lowest BCUT2D eigenvalue weighted by atomic mass is 10.0. The molecule has 0 radical (unpaired) electrons. The molecule has 0 atom stereocenters. The van der Waals surface area contributed by atoms with Crippen molar-refractivity contribution in [1.82, 2.24) is 0 Å². The maximum Gasteiger partial charge on any atom is 0.337 e. The molecule has 1 aliphatic rings. The van der Waals surface area contributed by atoms with E-state index in [1.165, 1.54) is 31.7 Å². The Labute approximate surface area is 117 Å². The molecular weight excluding hydrogens is 264 g/mol. The normalized spacial score (nSPS) is 15.6.